The zero-order valence-electron chi connectivity index (χ0n) is 26.9. The third-order valence-corrected chi connectivity index (χ3v) is 11.0. The number of imidazole rings is 1. The van der Waals surface area contributed by atoms with Crippen LogP contribution in [0.15, 0.2) is 140 Å². The lowest BCUT2D eigenvalue weighted by atomic mass is 9.81. The van der Waals surface area contributed by atoms with Crippen molar-refractivity contribution in [2.45, 2.75) is 19.3 Å². The van der Waals surface area contributed by atoms with Crippen LogP contribution in [0.5, 0.6) is 0 Å². The molecule has 1 aliphatic rings. The van der Waals surface area contributed by atoms with Crippen LogP contribution < -0.4 is 0 Å². The van der Waals surface area contributed by atoms with Crippen LogP contribution in [0.4, 0.5) is 0 Å². The van der Waals surface area contributed by atoms with Gasteiger partial charge in [0.05, 0.1) is 5.69 Å². The first-order chi connectivity index (χ1) is 24.0. The Kier molecular flexibility index (Phi) is 6.02. The Labute approximate surface area is 287 Å². The second-order valence-electron chi connectivity index (χ2n) is 13.2. The molecule has 0 aliphatic heterocycles. The molecule has 0 amide bonds. The molecule has 5 nitrogen and oxygen atoms in total. The molecule has 49 heavy (non-hydrogen) atoms. The zero-order chi connectivity index (χ0) is 32.7. The lowest BCUT2D eigenvalue weighted by Gasteiger charge is -2.22. The molecule has 232 valence electrons. The second-order valence-corrected chi connectivity index (χ2v) is 14.2. The van der Waals surface area contributed by atoms with Crippen molar-refractivity contribution >= 4 is 37.4 Å². The van der Waals surface area contributed by atoms with Gasteiger partial charge in [-0.1, -0.05) is 123 Å². The van der Waals surface area contributed by atoms with Gasteiger partial charge in [0.25, 0.3) is 0 Å². The van der Waals surface area contributed by atoms with Crippen LogP contribution in [-0.4, -0.2) is 24.3 Å². The second kappa shape index (κ2) is 10.5. The van der Waals surface area contributed by atoms with Gasteiger partial charge in [0.15, 0.2) is 17.5 Å². The molecule has 0 atom stereocenters. The van der Waals surface area contributed by atoms with Crippen molar-refractivity contribution in [1.29, 1.82) is 0 Å². The summed E-state index contributed by atoms with van der Waals surface area (Å²) < 4.78 is 3.58. The van der Waals surface area contributed by atoms with Crippen LogP contribution in [0.1, 0.15) is 25.0 Å². The average Bonchev–Trinajstić information content (AvgIpc) is 3.78. The molecule has 4 aromatic heterocycles. The zero-order valence-corrected chi connectivity index (χ0v) is 27.7. The molecule has 0 fully saturated rings. The number of benzene rings is 5. The van der Waals surface area contributed by atoms with Gasteiger partial charge in [0, 0.05) is 32.2 Å². The minimum atomic E-state index is -0.232. The Balaban J connectivity index is 1.09. The van der Waals surface area contributed by atoms with E-state index in [2.05, 4.69) is 97.1 Å². The van der Waals surface area contributed by atoms with Crippen molar-refractivity contribution in [3.8, 4) is 56.5 Å². The summed E-state index contributed by atoms with van der Waals surface area (Å²) in [6.45, 7) is 4.65. The number of rotatable bonds is 4. The summed E-state index contributed by atoms with van der Waals surface area (Å²) >= 11 is 1.80. The first-order valence-corrected chi connectivity index (χ1v) is 17.3. The topological polar surface area (TPSA) is 56.0 Å². The lowest BCUT2D eigenvalue weighted by Crippen LogP contribution is -2.15. The summed E-state index contributed by atoms with van der Waals surface area (Å²) in [5, 5.41) is 1.21. The first kappa shape index (κ1) is 28.1. The highest BCUT2D eigenvalue weighted by molar-refractivity contribution is 7.25. The molecular weight excluding hydrogens is 619 g/mol. The summed E-state index contributed by atoms with van der Waals surface area (Å²) in [5.74, 6) is 2.00. The summed E-state index contributed by atoms with van der Waals surface area (Å²) in [4.78, 5) is 21.2. The molecule has 0 spiro atoms. The molecule has 0 radical (unpaired) electrons. The van der Waals surface area contributed by atoms with Gasteiger partial charge in [0.1, 0.15) is 16.0 Å². The maximum Gasteiger partial charge on any atom is 0.164 e. The van der Waals surface area contributed by atoms with Crippen molar-refractivity contribution in [2.24, 2.45) is 0 Å². The van der Waals surface area contributed by atoms with E-state index < -0.39 is 0 Å². The minimum absolute atomic E-state index is 0.232. The number of nitrogens with zero attached hydrogens (tertiary/aromatic N) is 5. The summed E-state index contributed by atoms with van der Waals surface area (Å²) in [7, 11) is 0. The summed E-state index contributed by atoms with van der Waals surface area (Å²) in [5.41, 5.74) is 12.1. The predicted molar refractivity (Wildman–Crippen MR) is 201 cm³/mol. The fourth-order valence-electron chi connectivity index (χ4n) is 7.39. The predicted octanol–water partition coefficient (Wildman–Crippen LogP) is 10.9. The average molecular weight is 648 g/mol. The third kappa shape index (κ3) is 4.31. The number of aromatic nitrogens is 5. The Morgan fingerprint density at radius 2 is 1.08 bits per heavy atom. The van der Waals surface area contributed by atoms with Gasteiger partial charge in [0.2, 0.25) is 0 Å². The van der Waals surface area contributed by atoms with E-state index in [0.29, 0.717) is 17.5 Å². The standard InChI is InChI=1S/C43H29N5S/c1-43(2)33-24-28(35-17-11-19-37-44-38-32-16-9-10-18-36(32)49-42(38)48(35)37)20-22-30(33)31-23-21-29(25-34(31)43)41-46-39(26-12-5-3-6-13-26)45-40(47-41)27-14-7-4-8-15-27/h3-25H,1-2H3. The largest absolute Gasteiger partial charge is 0.284 e. The molecule has 0 saturated carbocycles. The van der Waals surface area contributed by atoms with Crippen LogP contribution in [0.25, 0.3) is 82.6 Å². The summed E-state index contributed by atoms with van der Waals surface area (Å²) in [6, 6.07) is 48.9. The van der Waals surface area contributed by atoms with Gasteiger partial charge >= 0.3 is 0 Å². The molecule has 0 N–H and O–H groups in total. The summed E-state index contributed by atoms with van der Waals surface area (Å²) in [6.07, 6.45) is 0. The van der Waals surface area contributed by atoms with E-state index >= 15 is 0 Å². The molecule has 5 aromatic carbocycles. The molecule has 6 heteroatoms. The Bertz CT molecular complexity index is 2680. The van der Waals surface area contributed by atoms with Gasteiger partial charge < -0.3 is 0 Å². The number of thiophene rings is 1. The van der Waals surface area contributed by atoms with Crippen molar-refractivity contribution in [2.75, 3.05) is 0 Å². The molecule has 0 bridgehead atoms. The maximum atomic E-state index is 5.07. The molecule has 9 aromatic rings. The highest BCUT2D eigenvalue weighted by Gasteiger charge is 2.36. The van der Waals surface area contributed by atoms with Gasteiger partial charge in [-0.2, -0.15) is 0 Å². The van der Waals surface area contributed by atoms with Gasteiger partial charge in [-0.15, -0.1) is 11.3 Å². The number of fused-ring (bicyclic) bond motifs is 8. The molecule has 0 saturated heterocycles. The van der Waals surface area contributed by atoms with E-state index in [-0.39, 0.29) is 5.41 Å². The van der Waals surface area contributed by atoms with E-state index in [9.17, 15) is 0 Å². The maximum absolute atomic E-state index is 5.07. The fraction of sp³-hybridized carbons (Fsp3) is 0.0698. The smallest absolute Gasteiger partial charge is 0.164 e. The van der Waals surface area contributed by atoms with E-state index in [1.54, 1.807) is 11.3 Å². The molecule has 4 heterocycles. The third-order valence-electron chi connectivity index (χ3n) is 9.88. The Hall–Kier alpha value is -5.98. The monoisotopic (exact) mass is 647 g/mol. The quantitative estimate of drug-likeness (QED) is 0.191. The van der Waals surface area contributed by atoms with Crippen molar-refractivity contribution in [3.63, 3.8) is 0 Å². The number of pyridine rings is 1. The normalized spacial score (nSPS) is 13.3. The Morgan fingerprint density at radius 3 is 1.76 bits per heavy atom. The van der Waals surface area contributed by atoms with Gasteiger partial charge in [-0.25, -0.2) is 19.9 Å². The van der Waals surface area contributed by atoms with E-state index in [4.69, 9.17) is 19.9 Å². The lowest BCUT2D eigenvalue weighted by molar-refractivity contribution is 0.660. The van der Waals surface area contributed by atoms with Crippen molar-refractivity contribution in [3.05, 3.63) is 151 Å². The van der Waals surface area contributed by atoms with Crippen LogP contribution >= 0.6 is 11.3 Å². The van der Waals surface area contributed by atoms with Crippen LogP contribution in [-0.2, 0) is 5.41 Å². The molecule has 10 rings (SSSR count). The molecular formula is C43H29N5S. The minimum Gasteiger partial charge on any atom is -0.284 e. The SMILES string of the molecule is CC1(C)c2cc(-c3nc(-c4ccccc4)nc(-c4ccccc4)n3)ccc2-c2ccc(-c3cccc4nc5c6ccccc6sc5n34)cc21. The highest BCUT2D eigenvalue weighted by Crippen LogP contribution is 2.51. The van der Waals surface area contributed by atoms with Gasteiger partial charge in [-0.3, -0.25) is 4.40 Å². The van der Waals surface area contributed by atoms with Crippen LogP contribution in [0.2, 0.25) is 0 Å². The molecule has 0 unspecified atom stereocenters. The van der Waals surface area contributed by atoms with Crippen molar-refractivity contribution in [1.82, 2.24) is 24.3 Å². The van der Waals surface area contributed by atoms with Crippen LogP contribution in [0, 0.1) is 0 Å². The number of hydrogen-bond acceptors (Lipinski definition) is 5. The van der Waals surface area contributed by atoms with Gasteiger partial charge in [-0.05, 0) is 58.1 Å². The van der Waals surface area contributed by atoms with E-state index in [1.165, 1.54) is 42.7 Å². The van der Waals surface area contributed by atoms with Crippen LogP contribution in [0.3, 0.4) is 0 Å². The van der Waals surface area contributed by atoms with E-state index in [1.807, 2.05) is 60.7 Å². The first-order valence-electron chi connectivity index (χ1n) is 16.5. The Morgan fingerprint density at radius 1 is 0.510 bits per heavy atom. The van der Waals surface area contributed by atoms with Crippen molar-refractivity contribution < 1.29 is 0 Å². The molecule has 1 aliphatic carbocycles. The fourth-order valence-corrected chi connectivity index (χ4v) is 8.56. The number of hydrogen-bond donors (Lipinski definition) is 0. The highest BCUT2D eigenvalue weighted by atomic mass is 32.1. The van der Waals surface area contributed by atoms with E-state index in [0.717, 1.165) is 33.5 Å².